The van der Waals surface area contributed by atoms with Crippen LogP contribution in [-0.4, -0.2) is 48.7 Å². The zero-order valence-corrected chi connectivity index (χ0v) is 13.2. The Morgan fingerprint density at radius 3 is 2.62 bits per heavy atom. The van der Waals surface area contributed by atoms with E-state index in [0.717, 1.165) is 19.4 Å². The molecule has 0 aromatic rings. The van der Waals surface area contributed by atoms with E-state index in [0.29, 0.717) is 39.0 Å². The average Bonchev–Trinajstić information content (AvgIpc) is 2.84. The third kappa shape index (κ3) is 4.56. The number of rotatable bonds is 9. The molecule has 0 N–H and O–H groups in total. The molecule has 120 valence electrons. The molecular weight excluding hydrogens is 270 g/mol. The van der Waals surface area contributed by atoms with Gasteiger partial charge in [0.2, 0.25) is 0 Å². The summed E-state index contributed by atoms with van der Waals surface area (Å²) in [4.78, 5) is 25.9. The molecular formula is C16H27NO4. The van der Waals surface area contributed by atoms with E-state index < -0.39 is 5.54 Å². The zero-order chi connectivity index (χ0) is 15.7. The highest BCUT2D eigenvalue weighted by Gasteiger charge is 2.47. The second kappa shape index (κ2) is 8.82. The maximum absolute atomic E-state index is 12.4. The summed E-state index contributed by atoms with van der Waals surface area (Å²) < 4.78 is 10.2. The van der Waals surface area contributed by atoms with Crippen molar-refractivity contribution >= 4 is 11.9 Å². The first-order chi connectivity index (χ1) is 10.1. The largest absolute Gasteiger partial charge is 0.466 e. The monoisotopic (exact) mass is 297 g/mol. The fourth-order valence-electron chi connectivity index (χ4n) is 2.96. The molecule has 1 unspecified atom stereocenters. The van der Waals surface area contributed by atoms with Crippen LogP contribution in [0.3, 0.4) is 0 Å². The third-order valence-electron chi connectivity index (χ3n) is 3.88. The summed E-state index contributed by atoms with van der Waals surface area (Å²) in [6.45, 7) is 9.74. The predicted molar refractivity (Wildman–Crippen MR) is 80.9 cm³/mol. The minimum absolute atomic E-state index is 0.168. The van der Waals surface area contributed by atoms with Crippen molar-refractivity contribution in [2.75, 3.05) is 26.3 Å². The maximum Gasteiger partial charge on any atom is 0.326 e. The van der Waals surface area contributed by atoms with Crippen LogP contribution < -0.4 is 0 Å². The molecule has 0 spiro atoms. The molecule has 5 nitrogen and oxygen atoms in total. The molecule has 21 heavy (non-hydrogen) atoms. The maximum atomic E-state index is 12.4. The molecule has 0 saturated carbocycles. The lowest BCUT2D eigenvalue weighted by Crippen LogP contribution is -2.51. The second-order valence-electron chi connectivity index (χ2n) is 5.24. The van der Waals surface area contributed by atoms with Crippen LogP contribution in [0.5, 0.6) is 0 Å². The summed E-state index contributed by atoms with van der Waals surface area (Å²) in [5, 5.41) is 0. The number of hydrogen-bond acceptors (Lipinski definition) is 5. The normalized spacial score (nSPS) is 22.0. The second-order valence-corrected chi connectivity index (χ2v) is 5.24. The van der Waals surface area contributed by atoms with E-state index >= 15 is 0 Å². The molecule has 1 atom stereocenters. The van der Waals surface area contributed by atoms with Crippen molar-refractivity contribution in [1.82, 2.24) is 4.90 Å². The summed E-state index contributed by atoms with van der Waals surface area (Å²) in [7, 11) is 0. The molecule has 0 aromatic carbocycles. The van der Waals surface area contributed by atoms with Crippen molar-refractivity contribution < 1.29 is 19.1 Å². The van der Waals surface area contributed by atoms with E-state index in [1.54, 1.807) is 13.0 Å². The Morgan fingerprint density at radius 2 is 2.00 bits per heavy atom. The number of esters is 2. The zero-order valence-electron chi connectivity index (χ0n) is 13.2. The summed E-state index contributed by atoms with van der Waals surface area (Å²) in [6, 6.07) is 0. The standard InChI is InChI=1S/C16H27NO4/c1-4-10-16(15(19)21-6-3)11-8-13-17(16)12-7-9-14(18)20-5-2/h4H,1,5-13H2,2-3H3. The Bertz CT molecular complexity index is 369. The number of carbonyl (C=O) groups is 2. The first kappa shape index (κ1) is 17.7. The number of hydrogen-bond donors (Lipinski definition) is 0. The van der Waals surface area contributed by atoms with E-state index in [9.17, 15) is 9.59 Å². The average molecular weight is 297 g/mol. The van der Waals surface area contributed by atoms with Gasteiger partial charge in [-0.15, -0.1) is 6.58 Å². The minimum atomic E-state index is -0.591. The first-order valence-electron chi connectivity index (χ1n) is 7.79. The molecule has 1 aliphatic rings. The summed E-state index contributed by atoms with van der Waals surface area (Å²) in [5.41, 5.74) is -0.591. The molecule has 0 aromatic heterocycles. The highest BCUT2D eigenvalue weighted by atomic mass is 16.5. The van der Waals surface area contributed by atoms with Gasteiger partial charge in [-0.25, -0.2) is 0 Å². The molecule has 0 radical (unpaired) electrons. The molecule has 1 heterocycles. The van der Waals surface area contributed by atoms with Gasteiger partial charge in [0, 0.05) is 6.42 Å². The first-order valence-corrected chi connectivity index (χ1v) is 7.79. The lowest BCUT2D eigenvalue weighted by Gasteiger charge is -2.35. The highest BCUT2D eigenvalue weighted by Crippen LogP contribution is 2.34. The van der Waals surface area contributed by atoms with Crippen LogP contribution in [0, 0.1) is 0 Å². The van der Waals surface area contributed by atoms with E-state index in [4.69, 9.17) is 9.47 Å². The number of carbonyl (C=O) groups excluding carboxylic acids is 2. The smallest absolute Gasteiger partial charge is 0.326 e. The number of likely N-dealkylation sites (tertiary alicyclic amines) is 1. The molecule has 1 aliphatic heterocycles. The molecule has 0 bridgehead atoms. The van der Waals surface area contributed by atoms with Gasteiger partial charge in [0.25, 0.3) is 0 Å². The Hall–Kier alpha value is -1.36. The molecule has 0 aliphatic carbocycles. The van der Waals surface area contributed by atoms with Gasteiger partial charge < -0.3 is 9.47 Å². The molecule has 1 saturated heterocycles. The van der Waals surface area contributed by atoms with Gasteiger partial charge in [-0.05, 0) is 52.6 Å². The molecule has 0 amide bonds. The van der Waals surface area contributed by atoms with Crippen LogP contribution in [0.25, 0.3) is 0 Å². The Labute approximate surface area is 127 Å². The lowest BCUT2D eigenvalue weighted by molar-refractivity contribution is -0.156. The van der Waals surface area contributed by atoms with Crippen molar-refractivity contribution in [2.45, 2.75) is 51.5 Å². The fraction of sp³-hybridized carbons (Fsp3) is 0.750. The van der Waals surface area contributed by atoms with Crippen molar-refractivity contribution in [3.05, 3.63) is 12.7 Å². The van der Waals surface area contributed by atoms with E-state index in [1.165, 1.54) is 0 Å². The van der Waals surface area contributed by atoms with Gasteiger partial charge in [-0.3, -0.25) is 14.5 Å². The molecule has 1 fully saturated rings. The minimum Gasteiger partial charge on any atom is -0.466 e. The van der Waals surface area contributed by atoms with Gasteiger partial charge in [-0.2, -0.15) is 0 Å². The van der Waals surface area contributed by atoms with Crippen molar-refractivity contribution in [3.63, 3.8) is 0 Å². The lowest BCUT2D eigenvalue weighted by atomic mass is 9.91. The SMILES string of the molecule is C=CCC1(C(=O)OCC)CCCN1CCCC(=O)OCC. The van der Waals surface area contributed by atoms with Crippen LogP contribution in [0.2, 0.25) is 0 Å². The van der Waals surface area contributed by atoms with E-state index in [1.807, 2.05) is 6.92 Å². The van der Waals surface area contributed by atoms with Crippen molar-refractivity contribution in [3.8, 4) is 0 Å². The van der Waals surface area contributed by atoms with E-state index in [-0.39, 0.29) is 11.9 Å². The molecule has 1 rings (SSSR count). The van der Waals surface area contributed by atoms with Crippen LogP contribution in [0.1, 0.15) is 46.0 Å². The predicted octanol–water partition coefficient (Wildman–Crippen LogP) is 2.30. The Kier molecular flexibility index (Phi) is 7.43. The topological polar surface area (TPSA) is 55.8 Å². The van der Waals surface area contributed by atoms with Gasteiger partial charge in [0.15, 0.2) is 0 Å². The van der Waals surface area contributed by atoms with Crippen molar-refractivity contribution in [2.24, 2.45) is 0 Å². The van der Waals surface area contributed by atoms with Crippen molar-refractivity contribution in [1.29, 1.82) is 0 Å². The fourth-order valence-corrected chi connectivity index (χ4v) is 2.96. The van der Waals surface area contributed by atoms with E-state index in [2.05, 4.69) is 11.5 Å². The molecule has 5 heteroatoms. The summed E-state index contributed by atoms with van der Waals surface area (Å²) in [6.07, 6.45) is 5.20. The van der Waals surface area contributed by atoms with Gasteiger partial charge >= 0.3 is 11.9 Å². The van der Waals surface area contributed by atoms with Crippen LogP contribution in [-0.2, 0) is 19.1 Å². The third-order valence-corrected chi connectivity index (χ3v) is 3.88. The van der Waals surface area contributed by atoms with Crippen LogP contribution in [0.15, 0.2) is 12.7 Å². The van der Waals surface area contributed by atoms with Crippen LogP contribution >= 0.6 is 0 Å². The quantitative estimate of drug-likeness (QED) is 0.483. The van der Waals surface area contributed by atoms with Gasteiger partial charge in [0.05, 0.1) is 13.2 Å². The Morgan fingerprint density at radius 1 is 1.29 bits per heavy atom. The van der Waals surface area contributed by atoms with Crippen LogP contribution in [0.4, 0.5) is 0 Å². The number of nitrogens with zero attached hydrogens (tertiary/aromatic N) is 1. The van der Waals surface area contributed by atoms with Gasteiger partial charge in [-0.1, -0.05) is 6.08 Å². The van der Waals surface area contributed by atoms with Gasteiger partial charge in [0.1, 0.15) is 5.54 Å². The highest BCUT2D eigenvalue weighted by molar-refractivity contribution is 5.81. The number of ether oxygens (including phenoxy) is 2. The Balaban J connectivity index is 2.63. The summed E-state index contributed by atoms with van der Waals surface area (Å²) >= 11 is 0. The summed E-state index contributed by atoms with van der Waals surface area (Å²) in [5.74, 6) is -0.347.